The minimum atomic E-state index is -0.0296. The number of likely N-dealkylation sites (N-methyl/N-ethyl adjacent to an activating group) is 1. The van der Waals surface area contributed by atoms with E-state index in [2.05, 4.69) is 34.3 Å². The van der Waals surface area contributed by atoms with Gasteiger partial charge in [0.25, 0.3) is 0 Å². The highest BCUT2D eigenvalue weighted by Gasteiger charge is 2.24. The number of amides is 2. The predicted molar refractivity (Wildman–Crippen MR) is 109 cm³/mol. The lowest BCUT2D eigenvalue weighted by molar-refractivity contribution is 0.148. The van der Waals surface area contributed by atoms with Crippen molar-refractivity contribution in [2.75, 3.05) is 32.5 Å². The average molecular weight is 363 g/mol. The molecular weight excluding hydrogens is 338 g/mol. The Bertz CT molecular complexity index is 898. The minimum absolute atomic E-state index is 0.0296. The van der Waals surface area contributed by atoms with E-state index in [0.29, 0.717) is 6.04 Å². The number of nitrogens with one attached hydrogen (secondary N) is 2. The molecule has 27 heavy (non-hydrogen) atoms. The van der Waals surface area contributed by atoms with Gasteiger partial charge in [-0.25, -0.2) is 9.78 Å². The number of aromatic nitrogens is 2. The van der Waals surface area contributed by atoms with E-state index in [0.717, 1.165) is 54.0 Å². The van der Waals surface area contributed by atoms with Crippen molar-refractivity contribution in [3.8, 4) is 11.4 Å². The smallest absolute Gasteiger partial charge is 0.321 e. The van der Waals surface area contributed by atoms with Crippen LogP contribution >= 0.6 is 0 Å². The Hall–Kier alpha value is -2.86. The van der Waals surface area contributed by atoms with E-state index in [1.807, 2.05) is 53.4 Å². The molecule has 1 aliphatic heterocycles. The van der Waals surface area contributed by atoms with Crippen LogP contribution in [0.3, 0.4) is 0 Å². The number of rotatable bonds is 3. The Kier molecular flexibility index (Phi) is 4.81. The maximum atomic E-state index is 12.6. The number of piperidine rings is 1. The number of benzene rings is 2. The summed E-state index contributed by atoms with van der Waals surface area (Å²) in [6.07, 6.45) is 2.18. The molecule has 0 unspecified atom stereocenters. The number of fused-ring (bicyclic) bond motifs is 1. The molecule has 3 aromatic rings. The second-order valence-corrected chi connectivity index (χ2v) is 7.32. The molecular formula is C21H25N5O. The number of hydrogen-bond donors (Lipinski definition) is 2. The molecule has 2 heterocycles. The Balaban J connectivity index is 1.43. The van der Waals surface area contributed by atoms with Crippen LogP contribution in [0.4, 0.5) is 10.5 Å². The number of likely N-dealkylation sites (tertiary alicyclic amines) is 1. The summed E-state index contributed by atoms with van der Waals surface area (Å²) in [5, 5.41) is 3.01. The van der Waals surface area contributed by atoms with Crippen LogP contribution in [-0.4, -0.2) is 59.0 Å². The first kappa shape index (κ1) is 17.5. The molecule has 0 radical (unpaired) electrons. The van der Waals surface area contributed by atoms with Crippen molar-refractivity contribution in [1.82, 2.24) is 19.8 Å². The Morgan fingerprint density at radius 3 is 2.70 bits per heavy atom. The Morgan fingerprint density at radius 1 is 1.19 bits per heavy atom. The number of carbonyl (C=O) groups is 1. The third kappa shape index (κ3) is 3.80. The lowest BCUT2D eigenvalue weighted by Crippen LogP contribution is -2.48. The van der Waals surface area contributed by atoms with E-state index in [1.54, 1.807) is 0 Å². The summed E-state index contributed by atoms with van der Waals surface area (Å²) >= 11 is 0. The summed E-state index contributed by atoms with van der Waals surface area (Å²) in [5.41, 5.74) is 3.76. The number of H-pyrrole nitrogens is 1. The summed E-state index contributed by atoms with van der Waals surface area (Å²) in [6.45, 7) is 1.59. The number of hydrogen-bond acceptors (Lipinski definition) is 3. The number of carbonyl (C=O) groups excluding carboxylic acids is 1. The largest absolute Gasteiger partial charge is 0.338 e. The number of urea groups is 1. The van der Waals surface area contributed by atoms with Crippen molar-refractivity contribution in [2.45, 2.75) is 18.9 Å². The zero-order valence-electron chi connectivity index (χ0n) is 15.8. The highest BCUT2D eigenvalue weighted by molar-refractivity contribution is 5.89. The van der Waals surface area contributed by atoms with Gasteiger partial charge < -0.3 is 20.1 Å². The van der Waals surface area contributed by atoms with E-state index in [4.69, 9.17) is 0 Å². The highest BCUT2D eigenvalue weighted by atomic mass is 16.2. The van der Waals surface area contributed by atoms with E-state index < -0.39 is 0 Å². The molecule has 0 saturated carbocycles. The molecule has 4 rings (SSSR count). The number of nitrogens with zero attached hydrogens (tertiary/aromatic N) is 3. The third-order valence-electron chi connectivity index (χ3n) is 5.21. The molecule has 0 aliphatic carbocycles. The maximum Gasteiger partial charge on any atom is 0.321 e. The number of para-hydroxylation sites is 2. The lowest BCUT2D eigenvalue weighted by atomic mass is 10.1. The van der Waals surface area contributed by atoms with Gasteiger partial charge in [-0.2, -0.15) is 0 Å². The van der Waals surface area contributed by atoms with Gasteiger partial charge in [0.15, 0.2) is 0 Å². The normalized spacial score (nSPS) is 17.4. The zero-order valence-corrected chi connectivity index (χ0v) is 15.8. The molecule has 0 spiro atoms. The van der Waals surface area contributed by atoms with Crippen molar-refractivity contribution in [3.63, 3.8) is 0 Å². The van der Waals surface area contributed by atoms with Gasteiger partial charge in [-0.05, 0) is 63.3 Å². The van der Waals surface area contributed by atoms with Gasteiger partial charge >= 0.3 is 6.03 Å². The fourth-order valence-corrected chi connectivity index (χ4v) is 3.56. The first-order chi connectivity index (χ1) is 13.1. The Labute approximate surface area is 159 Å². The summed E-state index contributed by atoms with van der Waals surface area (Å²) in [4.78, 5) is 24.6. The summed E-state index contributed by atoms with van der Waals surface area (Å²) in [7, 11) is 4.14. The minimum Gasteiger partial charge on any atom is -0.338 e. The number of imidazole rings is 1. The summed E-state index contributed by atoms with van der Waals surface area (Å²) in [6, 6.07) is 16.2. The van der Waals surface area contributed by atoms with E-state index in [9.17, 15) is 4.79 Å². The first-order valence-electron chi connectivity index (χ1n) is 9.38. The van der Waals surface area contributed by atoms with Gasteiger partial charge in [0, 0.05) is 30.4 Å². The van der Waals surface area contributed by atoms with Crippen LogP contribution in [0.2, 0.25) is 0 Å². The highest BCUT2D eigenvalue weighted by Crippen LogP contribution is 2.22. The van der Waals surface area contributed by atoms with Crippen molar-refractivity contribution in [1.29, 1.82) is 0 Å². The van der Waals surface area contributed by atoms with Crippen LogP contribution in [-0.2, 0) is 0 Å². The molecule has 1 aliphatic rings. The molecule has 2 aromatic carbocycles. The standard InChI is InChI=1S/C21H25N5O/c1-25(2)17-6-5-13-26(14-17)21(27)22-16-11-9-15(10-12-16)20-23-18-7-3-4-8-19(18)24-20/h3-4,7-12,17H,5-6,13-14H2,1-2H3,(H,22,27)(H,23,24)/t17-/m0/s1. The van der Waals surface area contributed by atoms with Gasteiger partial charge in [-0.3, -0.25) is 0 Å². The maximum absolute atomic E-state index is 12.6. The van der Waals surface area contributed by atoms with Crippen molar-refractivity contribution in [3.05, 3.63) is 48.5 Å². The Morgan fingerprint density at radius 2 is 1.96 bits per heavy atom. The summed E-state index contributed by atoms with van der Waals surface area (Å²) < 4.78 is 0. The molecule has 1 saturated heterocycles. The van der Waals surface area contributed by atoms with Gasteiger partial charge in [0.2, 0.25) is 0 Å². The molecule has 1 fully saturated rings. The topological polar surface area (TPSA) is 64.3 Å². The molecule has 1 atom stereocenters. The van der Waals surface area contributed by atoms with Crippen molar-refractivity contribution >= 4 is 22.8 Å². The molecule has 6 nitrogen and oxygen atoms in total. The quantitative estimate of drug-likeness (QED) is 0.744. The SMILES string of the molecule is CN(C)[C@H]1CCCN(C(=O)Nc2ccc(-c3nc4ccccc4[nH]3)cc2)C1. The number of aromatic amines is 1. The predicted octanol–water partition coefficient (Wildman–Crippen LogP) is 3.79. The molecule has 140 valence electrons. The van der Waals surface area contributed by atoms with Crippen molar-refractivity contribution in [2.24, 2.45) is 0 Å². The van der Waals surface area contributed by atoms with Gasteiger partial charge in [-0.15, -0.1) is 0 Å². The van der Waals surface area contributed by atoms with Crippen LogP contribution in [0.5, 0.6) is 0 Å². The second kappa shape index (κ2) is 7.40. The molecule has 0 bridgehead atoms. The van der Waals surface area contributed by atoms with Crippen LogP contribution in [0, 0.1) is 0 Å². The third-order valence-corrected chi connectivity index (χ3v) is 5.21. The van der Waals surface area contributed by atoms with E-state index in [-0.39, 0.29) is 6.03 Å². The van der Waals surface area contributed by atoms with Gasteiger partial charge in [-0.1, -0.05) is 12.1 Å². The van der Waals surface area contributed by atoms with Gasteiger partial charge in [0.1, 0.15) is 5.82 Å². The van der Waals surface area contributed by atoms with Crippen molar-refractivity contribution < 1.29 is 4.79 Å². The van der Waals surface area contributed by atoms with E-state index >= 15 is 0 Å². The van der Waals surface area contributed by atoms with Crippen LogP contribution < -0.4 is 5.32 Å². The monoisotopic (exact) mass is 363 g/mol. The van der Waals surface area contributed by atoms with Crippen LogP contribution in [0.25, 0.3) is 22.4 Å². The number of anilines is 1. The molecule has 6 heteroatoms. The first-order valence-corrected chi connectivity index (χ1v) is 9.38. The lowest BCUT2D eigenvalue weighted by Gasteiger charge is -2.36. The van der Waals surface area contributed by atoms with Crippen LogP contribution in [0.1, 0.15) is 12.8 Å². The van der Waals surface area contributed by atoms with Crippen LogP contribution in [0.15, 0.2) is 48.5 Å². The zero-order chi connectivity index (χ0) is 18.8. The molecule has 2 N–H and O–H groups in total. The second-order valence-electron chi connectivity index (χ2n) is 7.32. The summed E-state index contributed by atoms with van der Waals surface area (Å²) in [5.74, 6) is 0.832. The van der Waals surface area contributed by atoms with E-state index in [1.165, 1.54) is 0 Å². The fraction of sp³-hybridized carbons (Fsp3) is 0.333. The molecule has 2 amide bonds. The van der Waals surface area contributed by atoms with Gasteiger partial charge in [0.05, 0.1) is 11.0 Å². The fourth-order valence-electron chi connectivity index (χ4n) is 3.56. The average Bonchev–Trinajstić information content (AvgIpc) is 3.13. The molecule has 1 aromatic heterocycles.